The summed E-state index contributed by atoms with van der Waals surface area (Å²) in [6.45, 7) is 5.94. The van der Waals surface area contributed by atoms with Crippen molar-refractivity contribution in [1.29, 1.82) is 0 Å². The quantitative estimate of drug-likeness (QED) is 0.867. The summed E-state index contributed by atoms with van der Waals surface area (Å²) in [5, 5.41) is 11.4. The molecule has 0 saturated heterocycles. The smallest absolute Gasteiger partial charge is 0.345 e. The summed E-state index contributed by atoms with van der Waals surface area (Å²) in [7, 11) is -1.02. The Balaban J connectivity index is 2.47. The summed E-state index contributed by atoms with van der Waals surface area (Å²) in [6, 6.07) is 2.87. The Morgan fingerprint density at radius 2 is 1.89 bits per heavy atom. The average Bonchev–Trinajstić information content (AvgIpc) is 2.76. The van der Waals surface area contributed by atoms with E-state index in [0.29, 0.717) is 17.2 Å². The van der Waals surface area contributed by atoms with Crippen LogP contribution in [0.4, 0.5) is 0 Å². The Morgan fingerprint density at radius 1 is 1.32 bits per heavy atom. The highest BCUT2D eigenvalue weighted by molar-refractivity contribution is 7.86. The summed E-state index contributed by atoms with van der Waals surface area (Å²) < 4.78 is 11.5. The zero-order valence-corrected chi connectivity index (χ0v) is 12.7. The number of carbonyl (C=O) groups is 2. The van der Waals surface area contributed by atoms with Crippen LogP contribution >= 0.6 is 11.3 Å². The molecule has 5 nitrogen and oxygen atoms in total. The lowest BCUT2D eigenvalue weighted by atomic mass is 10.3. The lowest BCUT2D eigenvalue weighted by Gasteiger charge is -2.17. The Hall–Kier alpha value is -1.21. The van der Waals surface area contributed by atoms with Crippen molar-refractivity contribution in [3.05, 3.63) is 21.9 Å². The van der Waals surface area contributed by atoms with E-state index in [2.05, 4.69) is 5.32 Å². The molecule has 1 aromatic rings. The van der Waals surface area contributed by atoms with E-state index in [4.69, 9.17) is 5.11 Å². The molecule has 0 aliphatic carbocycles. The highest BCUT2D eigenvalue weighted by Crippen LogP contribution is 2.16. The van der Waals surface area contributed by atoms with E-state index in [0.717, 1.165) is 11.3 Å². The van der Waals surface area contributed by atoms with Crippen molar-refractivity contribution in [1.82, 2.24) is 5.32 Å². The van der Waals surface area contributed by atoms with Gasteiger partial charge in [0.05, 0.1) is 4.88 Å². The third-order valence-corrected chi connectivity index (χ3v) is 5.31. The standard InChI is InChI=1S/C12H17NO4S2/c1-12(2,3)19(17)7-6-13-10(14)8-4-5-9(18-8)11(15)16/h4-5H,6-7H2,1-3H3,(H,13,14)(H,15,16). The fraction of sp³-hybridized carbons (Fsp3) is 0.500. The molecule has 19 heavy (non-hydrogen) atoms. The summed E-state index contributed by atoms with van der Waals surface area (Å²) in [6.07, 6.45) is 0. The molecule has 0 fully saturated rings. The van der Waals surface area contributed by atoms with E-state index in [1.165, 1.54) is 12.1 Å². The van der Waals surface area contributed by atoms with Crippen molar-refractivity contribution >= 4 is 34.0 Å². The maximum atomic E-state index is 11.8. The molecular formula is C12H17NO4S2. The number of hydrogen-bond donors (Lipinski definition) is 2. The molecule has 1 aromatic heterocycles. The Labute approximate surface area is 118 Å². The van der Waals surface area contributed by atoms with Crippen LogP contribution in [0, 0.1) is 0 Å². The number of carbonyl (C=O) groups excluding carboxylic acids is 1. The number of nitrogens with one attached hydrogen (secondary N) is 1. The molecule has 1 amide bonds. The van der Waals surface area contributed by atoms with Gasteiger partial charge in [-0.3, -0.25) is 9.00 Å². The fourth-order valence-corrected chi connectivity index (χ4v) is 2.89. The van der Waals surface area contributed by atoms with Crippen molar-refractivity contribution in [2.24, 2.45) is 0 Å². The summed E-state index contributed by atoms with van der Waals surface area (Å²) in [5.41, 5.74) is 0. The van der Waals surface area contributed by atoms with E-state index in [-0.39, 0.29) is 15.5 Å². The second-order valence-corrected chi connectivity index (χ2v) is 8.29. The largest absolute Gasteiger partial charge is 0.477 e. The topological polar surface area (TPSA) is 83.5 Å². The molecule has 1 atom stereocenters. The van der Waals surface area contributed by atoms with Gasteiger partial charge in [0.15, 0.2) is 0 Å². The van der Waals surface area contributed by atoms with Gasteiger partial charge in [0.25, 0.3) is 5.91 Å². The SMILES string of the molecule is CC(C)(C)S(=O)CCNC(=O)c1ccc(C(=O)O)s1. The second kappa shape index (κ2) is 6.29. The number of aromatic carboxylic acids is 1. The molecular weight excluding hydrogens is 286 g/mol. The van der Waals surface area contributed by atoms with Crippen molar-refractivity contribution < 1.29 is 18.9 Å². The first-order valence-electron chi connectivity index (χ1n) is 5.71. The highest BCUT2D eigenvalue weighted by atomic mass is 32.2. The molecule has 0 aliphatic rings. The lowest BCUT2D eigenvalue weighted by molar-refractivity contribution is 0.0702. The molecule has 0 bridgehead atoms. The molecule has 1 heterocycles. The number of carboxylic acid groups (broad SMARTS) is 1. The number of rotatable bonds is 5. The Morgan fingerprint density at radius 3 is 2.37 bits per heavy atom. The van der Waals surface area contributed by atoms with Gasteiger partial charge in [0.1, 0.15) is 4.88 Å². The van der Waals surface area contributed by atoms with Crippen LogP contribution < -0.4 is 5.32 Å². The van der Waals surface area contributed by atoms with E-state index in [1.807, 2.05) is 20.8 Å². The predicted octanol–water partition coefficient (Wildman–Crippen LogP) is 1.72. The average molecular weight is 303 g/mol. The second-order valence-electron chi connectivity index (χ2n) is 4.89. The van der Waals surface area contributed by atoms with Crippen molar-refractivity contribution in [2.75, 3.05) is 12.3 Å². The maximum Gasteiger partial charge on any atom is 0.345 e. The Bertz CT molecular complexity index is 502. The Kier molecular flexibility index (Phi) is 5.25. The van der Waals surface area contributed by atoms with E-state index in [1.54, 1.807) is 0 Å². The molecule has 7 heteroatoms. The lowest BCUT2D eigenvalue weighted by Crippen LogP contribution is -2.32. The summed E-state index contributed by atoms with van der Waals surface area (Å²) in [4.78, 5) is 22.9. The number of hydrogen-bond acceptors (Lipinski definition) is 4. The molecule has 1 rings (SSSR count). The van der Waals surface area contributed by atoms with Gasteiger partial charge in [0.2, 0.25) is 0 Å². The maximum absolute atomic E-state index is 11.8. The van der Waals surface area contributed by atoms with Gasteiger partial charge < -0.3 is 10.4 Å². The fourth-order valence-electron chi connectivity index (χ4n) is 1.23. The van der Waals surface area contributed by atoms with Gasteiger partial charge in [-0.2, -0.15) is 0 Å². The van der Waals surface area contributed by atoms with Crippen LogP contribution in [0.1, 0.15) is 40.1 Å². The molecule has 0 aliphatic heterocycles. The number of amides is 1. The predicted molar refractivity (Wildman–Crippen MR) is 76.4 cm³/mol. The molecule has 0 aromatic carbocycles. The molecule has 2 N–H and O–H groups in total. The molecule has 0 radical (unpaired) electrons. The van der Waals surface area contributed by atoms with Gasteiger partial charge in [-0.25, -0.2) is 4.79 Å². The monoisotopic (exact) mass is 303 g/mol. The third-order valence-electron chi connectivity index (χ3n) is 2.30. The van der Waals surface area contributed by atoms with Crippen LogP contribution in [-0.2, 0) is 10.8 Å². The van der Waals surface area contributed by atoms with Gasteiger partial charge in [0, 0.05) is 27.8 Å². The van der Waals surface area contributed by atoms with E-state index >= 15 is 0 Å². The first kappa shape index (κ1) is 15.8. The van der Waals surface area contributed by atoms with Crippen LogP contribution in [0.15, 0.2) is 12.1 Å². The molecule has 0 spiro atoms. The zero-order valence-electron chi connectivity index (χ0n) is 11.1. The van der Waals surface area contributed by atoms with Crippen molar-refractivity contribution in [3.8, 4) is 0 Å². The van der Waals surface area contributed by atoms with Crippen molar-refractivity contribution in [3.63, 3.8) is 0 Å². The number of carboxylic acids is 1. The van der Waals surface area contributed by atoms with Crippen LogP contribution in [-0.4, -0.2) is 38.2 Å². The third kappa shape index (κ3) is 4.76. The van der Waals surface area contributed by atoms with E-state index in [9.17, 15) is 13.8 Å². The molecule has 106 valence electrons. The molecule has 0 saturated carbocycles. The summed E-state index contributed by atoms with van der Waals surface area (Å²) in [5.74, 6) is -0.992. The van der Waals surface area contributed by atoms with E-state index < -0.39 is 16.8 Å². The van der Waals surface area contributed by atoms with Crippen LogP contribution in [0.3, 0.4) is 0 Å². The zero-order chi connectivity index (χ0) is 14.6. The van der Waals surface area contributed by atoms with Crippen LogP contribution in [0.2, 0.25) is 0 Å². The molecule has 1 unspecified atom stereocenters. The van der Waals surface area contributed by atoms with Gasteiger partial charge in [-0.1, -0.05) is 0 Å². The minimum Gasteiger partial charge on any atom is -0.477 e. The van der Waals surface area contributed by atoms with Gasteiger partial charge in [-0.05, 0) is 32.9 Å². The normalized spacial score (nSPS) is 13.0. The first-order valence-corrected chi connectivity index (χ1v) is 7.85. The minimum absolute atomic E-state index is 0.128. The van der Waals surface area contributed by atoms with Crippen LogP contribution in [0.5, 0.6) is 0 Å². The highest BCUT2D eigenvalue weighted by Gasteiger charge is 2.19. The van der Waals surface area contributed by atoms with Crippen LogP contribution in [0.25, 0.3) is 0 Å². The van der Waals surface area contributed by atoms with Gasteiger partial charge >= 0.3 is 5.97 Å². The summed E-state index contributed by atoms with van der Waals surface area (Å²) >= 11 is 0.926. The number of thiophene rings is 1. The first-order chi connectivity index (χ1) is 8.71. The van der Waals surface area contributed by atoms with Crippen molar-refractivity contribution in [2.45, 2.75) is 25.5 Å². The van der Waals surface area contributed by atoms with Gasteiger partial charge in [-0.15, -0.1) is 11.3 Å². The minimum atomic E-state index is -1.04.